The number of benzene rings is 1. The van der Waals surface area contributed by atoms with Crippen LogP contribution < -0.4 is 5.32 Å². The molecule has 1 amide bonds. The van der Waals surface area contributed by atoms with Crippen LogP contribution >= 0.6 is 11.8 Å². The molecule has 0 saturated carbocycles. The highest BCUT2D eigenvalue weighted by Crippen LogP contribution is 2.14. The maximum absolute atomic E-state index is 11.4. The number of alkyl carbamates (subject to hydrolysis) is 1. The summed E-state index contributed by atoms with van der Waals surface area (Å²) in [6, 6.07) is 8.35. The predicted octanol–water partition coefficient (Wildman–Crippen LogP) is 3.48. The third-order valence-corrected chi connectivity index (χ3v) is 2.98. The SMILES string of the molecule is CSc1ccc(CCNC(=O)OC(C)(C)C)cc1. The normalized spacial score (nSPS) is 11.1. The minimum absolute atomic E-state index is 0.358. The van der Waals surface area contributed by atoms with Crippen molar-refractivity contribution >= 4 is 17.9 Å². The van der Waals surface area contributed by atoms with Crippen molar-refractivity contribution in [3.8, 4) is 0 Å². The Morgan fingerprint density at radius 3 is 2.39 bits per heavy atom. The van der Waals surface area contributed by atoms with Crippen LogP contribution in [0.5, 0.6) is 0 Å². The van der Waals surface area contributed by atoms with Gasteiger partial charge in [0.1, 0.15) is 5.60 Å². The van der Waals surface area contributed by atoms with Crippen molar-refractivity contribution in [1.29, 1.82) is 0 Å². The van der Waals surface area contributed by atoms with Crippen LogP contribution in [-0.4, -0.2) is 24.5 Å². The second kappa shape index (κ2) is 6.69. The zero-order valence-electron chi connectivity index (χ0n) is 11.4. The van der Waals surface area contributed by atoms with Crippen molar-refractivity contribution in [2.24, 2.45) is 0 Å². The van der Waals surface area contributed by atoms with E-state index < -0.39 is 5.60 Å². The van der Waals surface area contributed by atoms with Crippen LogP contribution in [0.25, 0.3) is 0 Å². The highest BCUT2D eigenvalue weighted by molar-refractivity contribution is 7.98. The van der Waals surface area contributed by atoms with Crippen LogP contribution in [0, 0.1) is 0 Å². The Balaban J connectivity index is 2.30. The first kappa shape index (κ1) is 14.9. The van der Waals surface area contributed by atoms with E-state index in [0.717, 1.165) is 6.42 Å². The molecule has 1 N–H and O–H groups in total. The molecule has 0 unspecified atom stereocenters. The molecule has 1 rings (SSSR count). The van der Waals surface area contributed by atoms with Gasteiger partial charge in [0, 0.05) is 11.4 Å². The molecule has 0 fully saturated rings. The summed E-state index contributed by atoms with van der Waals surface area (Å²) in [5.41, 5.74) is 0.772. The van der Waals surface area contributed by atoms with Crippen molar-refractivity contribution in [2.75, 3.05) is 12.8 Å². The fraction of sp³-hybridized carbons (Fsp3) is 0.500. The molecule has 1 aromatic rings. The van der Waals surface area contributed by atoms with Crippen LogP contribution in [0.3, 0.4) is 0 Å². The van der Waals surface area contributed by atoms with Crippen LogP contribution in [0.1, 0.15) is 26.3 Å². The van der Waals surface area contributed by atoms with Crippen molar-refractivity contribution in [2.45, 2.75) is 37.7 Å². The van der Waals surface area contributed by atoms with Gasteiger partial charge >= 0.3 is 6.09 Å². The second-order valence-electron chi connectivity index (χ2n) is 5.03. The van der Waals surface area contributed by atoms with Gasteiger partial charge in [0.05, 0.1) is 0 Å². The lowest BCUT2D eigenvalue weighted by atomic mass is 10.1. The lowest BCUT2D eigenvalue weighted by Gasteiger charge is -2.19. The third-order valence-electron chi connectivity index (χ3n) is 2.24. The zero-order valence-corrected chi connectivity index (χ0v) is 12.3. The molecule has 0 aromatic heterocycles. The van der Waals surface area contributed by atoms with Gasteiger partial charge in [0.25, 0.3) is 0 Å². The number of carbonyl (C=O) groups is 1. The molecule has 0 aliphatic carbocycles. The average molecular weight is 267 g/mol. The van der Waals surface area contributed by atoms with Gasteiger partial charge in [0.2, 0.25) is 0 Å². The molecule has 4 heteroatoms. The summed E-state index contributed by atoms with van der Waals surface area (Å²) >= 11 is 1.72. The van der Waals surface area contributed by atoms with Gasteiger partial charge in [-0.05, 0) is 51.1 Å². The summed E-state index contributed by atoms with van der Waals surface area (Å²) in [7, 11) is 0. The van der Waals surface area contributed by atoms with E-state index in [2.05, 4.69) is 35.8 Å². The first-order valence-corrected chi connectivity index (χ1v) is 7.23. The second-order valence-corrected chi connectivity index (χ2v) is 5.91. The van der Waals surface area contributed by atoms with E-state index in [4.69, 9.17) is 4.74 Å². The Bertz CT molecular complexity index is 382. The van der Waals surface area contributed by atoms with Gasteiger partial charge < -0.3 is 10.1 Å². The fourth-order valence-electron chi connectivity index (χ4n) is 1.42. The molecule has 0 bridgehead atoms. The van der Waals surface area contributed by atoms with E-state index in [-0.39, 0.29) is 6.09 Å². The molecule has 18 heavy (non-hydrogen) atoms. The number of rotatable bonds is 4. The summed E-state index contributed by atoms with van der Waals surface area (Å²) < 4.78 is 5.16. The average Bonchev–Trinajstić information content (AvgIpc) is 2.27. The first-order valence-electron chi connectivity index (χ1n) is 6.00. The summed E-state index contributed by atoms with van der Waals surface area (Å²) in [5, 5.41) is 2.75. The largest absolute Gasteiger partial charge is 0.444 e. The zero-order chi connectivity index (χ0) is 13.6. The quantitative estimate of drug-likeness (QED) is 0.849. The predicted molar refractivity (Wildman–Crippen MR) is 76.2 cm³/mol. The highest BCUT2D eigenvalue weighted by Gasteiger charge is 2.15. The molecule has 0 aliphatic heterocycles. The van der Waals surface area contributed by atoms with E-state index in [1.807, 2.05) is 20.8 Å². The molecule has 0 atom stereocenters. The van der Waals surface area contributed by atoms with Crippen LogP contribution in [0.4, 0.5) is 4.79 Å². The maximum atomic E-state index is 11.4. The Morgan fingerprint density at radius 1 is 1.28 bits per heavy atom. The molecule has 3 nitrogen and oxygen atoms in total. The van der Waals surface area contributed by atoms with Gasteiger partial charge in [-0.15, -0.1) is 11.8 Å². The maximum Gasteiger partial charge on any atom is 0.407 e. The first-order chi connectivity index (χ1) is 8.40. The molecule has 0 spiro atoms. The molecule has 0 saturated heterocycles. The number of thioether (sulfide) groups is 1. The third kappa shape index (κ3) is 5.96. The topological polar surface area (TPSA) is 38.3 Å². The molecule has 0 heterocycles. The molecule has 1 aromatic carbocycles. The standard InChI is InChI=1S/C14H21NO2S/c1-14(2,3)17-13(16)15-10-9-11-5-7-12(18-4)8-6-11/h5-8H,9-10H2,1-4H3,(H,15,16). The Labute approximate surface area is 113 Å². The molecule has 0 radical (unpaired) electrons. The Kier molecular flexibility index (Phi) is 5.54. The van der Waals surface area contributed by atoms with E-state index in [9.17, 15) is 4.79 Å². The minimum atomic E-state index is -0.440. The fourth-order valence-corrected chi connectivity index (χ4v) is 1.82. The van der Waals surface area contributed by atoms with E-state index in [1.165, 1.54) is 10.5 Å². The highest BCUT2D eigenvalue weighted by atomic mass is 32.2. The van der Waals surface area contributed by atoms with Crippen molar-refractivity contribution in [3.05, 3.63) is 29.8 Å². The Morgan fingerprint density at radius 2 is 1.89 bits per heavy atom. The van der Waals surface area contributed by atoms with Crippen LogP contribution in [0.15, 0.2) is 29.2 Å². The van der Waals surface area contributed by atoms with Gasteiger partial charge in [-0.3, -0.25) is 0 Å². The van der Waals surface area contributed by atoms with Gasteiger partial charge in [-0.2, -0.15) is 0 Å². The molecule has 100 valence electrons. The lowest BCUT2D eigenvalue weighted by Crippen LogP contribution is -2.33. The number of hydrogen-bond acceptors (Lipinski definition) is 3. The monoisotopic (exact) mass is 267 g/mol. The van der Waals surface area contributed by atoms with Gasteiger partial charge in [-0.1, -0.05) is 12.1 Å². The Hall–Kier alpha value is -1.16. The lowest BCUT2D eigenvalue weighted by molar-refractivity contribution is 0.0528. The van der Waals surface area contributed by atoms with Crippen LogP contribution in [0.2, 0.25) is 0 Å². The van der Waals surface area contributed by atoms with Gasteiger partial charge in [0.15, 0.2) is 0 Å². The van der Waals surface area contributed by atoms with Crippen molar-refractivity contribution in [1.82, 2.24) is 5.32 Å². The number of amides is 1. The van der Waals surface area contributed by atoms with E-state index >= 15 is 0 Å². The molecule has 0 aliphatic rings. The molecular formula is C14H21NO2S. The van der Waals surface area contributed by atoms with Crippen molar-refractivity contribution < 1.29 is 9.53 Å². The van der Waals surface area contributed by atoms with Crippen molar-refractivity contribution in [3.63, 3.8) is 0 Å². The number of carbonyl (C=O) groups excluding carboxylic acids is 1. The van der Waals surface area contributed by atoms with E-state index in [1.54, 1.807) is 11.8 Å². The smallest absolute Gasteiger partial charge is 0.407 e. The number of hydrogen-bond donors (Lipinski definition) is 1. The summed E-state index contributed by atoms with van der Waals surface area (Å²) in [4.78, 5) is 12.7. The summed E-state index contributed by atoms with van der Waals surface area (Å²) in [6.07, 6.45) is 2.51. The summed E-state index contributed by atoms with van der Waals surface area (Å²) in [5.74, 6) is 0. The minimum Gasteiger partial charge on any atom is -0.444 e. The van der Waals surface area contributed by atoms with E-state index in [0.29, 0.717) is 6.54 Å². The van der Waals surface area contributed by atoms with Gasteiger partial charge in [-0.25, -0.2) is 4.79 Å². The summed E-state index contributed by atoms with van der Waals surface area (Å²) in [6.45, 7) is 6.16. The number of nitrogens with one attached hydrogen (secondary N) is 1. The number of ether oxygens (including phenoxy) is 1. The molecular weight excluding hydrogens is 246 g/mol. The van der Waals surface area contributed by atoms with Crippen LogP contribution in [-0.2, 0) is 11.2 Å².